The molecule has 0 bridgehead atoms. The highest BCUT2D eigenvalue weighted by Gasteiger charge is 2.53. The molecule has 3 aliphatic heterocycles. The second kappa shape index (κ2) is 7.56. The number of carbonyl (C=O) groups excluding carboxylic acids is 2. The molecule has 3 heterocycles. The van der Waals surface area contributed by atoms with Crippen molar-refractivity contribution in [2.45, 2.75) is 43.8 Å². The van der Waals surface area contributed by atoms with Gasteiger partial charge in [0.15, 0.2) is 0 Å². The maximum absolute atomic E-state index is 13.1. The summed E-state index contributed by atoms with van der Waals surface area (Å²) in [5, 5.41) is 16.6. The van der Waals surface area contributed by atoms with Crippen molar-refractivity contribution in [2.75, 3.05) is 39.8 Å². The van der Waals surface area contributed by atoms with Crippen molar-refractivity contribution >= 4 is 24.2 Å². The molecule has 0 aromatic rings. The Bertz CT molecular complexity index is 484. The molecule has 3 rings (SSSR count). The number of rotatable bonds is 2. The quantitative estimate of drug-likeness (QED) is 0.626. The number of likely N-dealkylation sites (tertiary alicyclic amines) is 1. The Morgan fingerprint density at radius 2 is 2.00 bits per heavy atom. The molecule has 8 heteroatoms. The number of amides is 2. The number of nitrogens with one attached hydrogen (secondary N) is 2. The molecule has 3 aliphatic rings. The molecule has 0 radical (unpaired) electrons. The zero-order chi connectivity index (χ0) is 16.5. The molecule has 7 nitrogen and oxygen atoms in total. The van der Waals surface area contributed by atoms with E-state index in [-0.39, 0.29) is 30.8 Å². The first-order valence-electron chi connectivity index (χ1n) is 8.56. The van der Waals surface area contributed by atoms with Gasteiger partial charge in [-0.1, -0.05) is 0 Å². The van der Waals surface area contributed by atoms with Gasteiger partial charge >= 0.3 is 0 Å². The topological polar surface area (TPSA) is 90.9 Å². The van der Waals surface area contributed by atoms with Gasteiger partial charge in [0.2, 0.25) is 5.91 Å². The Labute approximate surface area is 148 Å². The van der Waals surface area contributed by atoms with Gasteiger partial charge in [-0.2, -0.15) is 0 Å². The third kappa shape index (κ3) is 3.14. The van der Waals surface area contributed by atoms with Crippen molar-refractivity contribution in [3.63, 3.8) is 0 Å². The molecule has 3 fully saturated rings. The van der Waals surface area contributed by atoms with Gasteiger partial charge in [0.1, 0.15) is 5.60 Å². The standard InChI is InChI=1S/C16H27N3O4.ClH/c1-23-16(5-8-17-9-6-16)14(22)19-10-3-12(20)15(11-19)4-2-7-18-13(15)21;/h12,17,20H,2-11H2,1H3,(H,18,21);1H/t12-,15+;/m0./s1. The number of aliphatic hydroxyl groups is 1. The first-order chi connectivity index (χ1) is 11.0. The summed E-state index contributed by atoms with van der Waals surface area (Å²) in [4.78, 5) is 27.3. The molecule has 3 N–H and O–H groups in total. The largest absolute Gasteiger partial charge is 0.392 e. The molecule has 0 unspecified atom stereocenters. The Morgan fingerprint density at radius 1 is 1.29 bits per heavy atom. The minimum atomic E-state index is -0.853. The average Bonchev–Trinajstić information content (AvgIpc) is 2.59. The van der Waals surface area contributed by atoms with Crippen LogP contribution in [0.5, 0.6) is 0 Å². The Kier molecular flexibility index (Phi) is 6.12. The average molecular weight is 362 g/mol. The molecule has 0 aromatic heterocycles. The summed E-state index contributed by atoms with van der Waals surface area (Å²) in [7, 11) is 1.59. The lowest BCUT2D eigenvalue weighted by atomic mass is 9.71. The van der Waals surface area contributed by atoms with Crippen molar-refractivity contribution in [2.24, 2.45) is 5.41 Å². The van der Waals surface area contributed by atoms with E-state index in [0.717, 1.165) is 19.5 Å². The Hall–Kier alpha value is -0.890. The molecule has 2 amide bonds. The minimum absolute atomic E-state index is 0. The van der Waals surface area contributed by atoms with Crippen LogP contribution < -0.4 is 10.6 Å². The second-order valence-electron chi connectivity index (χ2n) is 7.00. The smallest absolute Gasteiger partial charge is 0.254 e. The molecule has 138 valence electrons. The van der Waals surface area contributed by atoms with Crippen molar-refractivity contribution < 1.29 is 19.4 Å². The molecule has 1 spiro atoms. The second-order valence-corrected chi connectivity index (χ2v) is 7.00. The van der Waals surface area contributed by atoms with E-state index in [2.05, 4.69) is 10.6 Å². The Balaban J connectivity index is 0.00000208. The summed E-state index contributed by atoms with van der Waals surface area (Å²) in [6.07, 6.45) is 2.51. The van der Waals surface area contributed by atoms with E-state index in [0.29, 0.717) is 38.8 Å². The van der Waals surface area contributed by atoms with Crippen LogP contribution in [0.25, 0.3) is 0 Å². The van der Waals surface area contributed by atoms with E-state index < -0.39 is 17.1 Å². The molecule has 0 aliphatic carbocycles. The first-order valence-corrected chi connectivity index (χ1v) is 8.56. The SMILES string of the molecule is COC1(C(=O)N2CC[C@H](O)[C@@]3(CCCNC3=O)C2)CCNCC1.Cl. The lowest BCUT2D eigenvalue weighted by molar-refractivity contribution is -0.170. The zero-order valence-corrected chi connectivity index (χ0v) is 15.0. The van der Waals surface area contributed by atoms with Gasteiger partial charge in [-0.25, -0.2) is 0 Å². The molecule has 3 saturated heterocycles. The number of carbonyl (C=O) groups is 2. The summed E-state index contributed by atoms with van der Waals surface area (Å²) in [5.41, 5.74) is -1.64. The van der Waals surface area contributed by atoms with E-state index in [1.807, 2.05) is 0 Å². The number of methoxy groups -OCH3 is 1. The maximum Gasteiger partial charge on any atom is 0.254 e. The fourth-order valence-corrected chi connectivity index (χ4v) is 4.24. The molecular formula is C16H28ClN3O4. The number of hydrogen-bond acceptors (Lipinski definition) is 5. The minimum Gasteiger partial charge on any atom is -0.392 e. The monoisotopic (exact) mass is 361 g/mol. The summed E-state index contributed by atoms with van der Waals surface area (Å²) in [5.74, 6) is -0.156. The van der Waals surface area contributed by atoms with Crippen LogP contribution in [-0.4, -0.2) is 73.4 Å². The van der Waals surface area contributed by atoms with E-state index in [4.69, 9.17) is 4.74 Å². The number of hydrogen-bond donors (Lipinski definition) is 3. The van der Waals surface area contributed by atoms with Gasteiger partial charge < -0.3 is 25.4 Å². The molecule has 0 saturated carbocycles. The number of aliphatic hydroxyl groups excluding tert-OH is 1. The number of halogens is 1. The van der Waals surface area contributed by atoms with Gasteiger partial charge in [0.05, 0.1) is 11.5 Å². The van der Waals surface area contributed by atoms with Gasteiger partial charge in [0.25, 0.3) is 5.91 Å². The fraction of sp³-hybridized carbons (Fsp3) is 0.875. The number of piperidine rings is 3. The van der Waals surface area contributed by atoms with Crippen LogP contribution in [-0.2, 0) is 14.3 Å². The molecule has 2 atom stereocenters. The molecule has 24 heavy (non-hydrogen) atoms. The van der Waals surface area contributed by atoms with Crippen LogP contribution in [0.15, 0.2) is 0 Å². The van der Waals surface area contributed by atoms with Gasteiger partial charge in [-0.05, 0) is 45.2 Å². The summed E-state index contributed by atoms with van der Waals surface area (Å²) < 4.78 is 5.63. The fourth-order valence-electron chi connectivity index (χ4n) is 4.24. The van der Waals surface area contributed by atoms with E-state index in [1.54, 1.807) is 12.0 Å². The van der Waals surface area contributed by atoms with E-state index in [1.165, 1.54) is 0 Å². The van der Waals surface area contributed by atoms with Crippen LogP contribution in [0.3, 0.4) is 0 Å². The zero-order valence-electron chi connectivity index (χ0n) is 14.2. The van der Waals surface area contributed by atoms with Crippen LogP contribution in [0.4, 0.5) is 0 Å². The van der Waals surface area contributed by atoms with Crippen molar-refractivity contribution in [1.29, 1.82) is 0 Å². The predicted molar refractivity (Wildman–Crippen MR) is 91.0 cm³/mol. The summed E-state index contributed by atoms with van der Waals surface area (Å²) >= 11 is 0. The van der Waals surface area contributed by atoms with E-state index >= 15 is 0 Å². The highest BCUT2D eigenvalue weighted by atomic mass is 35.5. The highest BCUT2D eigenvalue weighted by molar-refractivity contribution is 5.88. The molecular weight excluding hydrogens is 334 g/mol. The van der Waals surface area contributed by atoms with Gasteiger partial charge in [0, 0.05) is 26.7 Å². The summed E-state index contributed by atoms with van der Waals surface area (Å²) in [6.45, 7) is 2.92. The third-order valence-corrected chi connectivity index (χ3v) is 5.80. The summed E-state index contributed by atoms with van der Waals surface area (Å²) in [6, 6.07) is 0. The van der Waals surface area contributed by atoms with Crippen molar-refractivity contribution in [3.8, 4) is 0 Å². The molecule has 0 aromatic carbocycles. The lowest BCUT2D eigenvalue weighted by Crippen LogP contribution is -2.65. The van der Waals surface area contributed by atoms with Crippen molar-refractivity contribution in [1.82, 2.24) is 15.5 Å². The first kappa shape index (κ1) is 19.4. The Morgan fingerprint density at radius 3 is 2.62 bits per heavy atom. The lowest BCUT2D eigenvalue weighted by Gasteiger charge is -2.49. The number of ether oxygens (including phenoxy) is 1. The van der Waals surface area contributed by atoms with E-state index in [9.17, 15) is 14.7 Å². The highest BCUT2D eigenvalue weighted by Crippen LogP contribution is 2.38. The van der Waals surface area contributed by atoms with Crippen LogP contribution in [0.1, 0.15) is 32.1 Å². The normalized spacial score (nSPS) is 32.8. The van der Waals surface area contributed by atoms with Gasteiger partial charge in [-0.15, -0.1) is 12.4 Å². The number of nitrogens with zero attached hydrogens (tertiary/aromatic N) is 1. The van der Waals surface area contributed by atoms with Crippen LogP contribution in [0, 0.1) is 5.41 Å². The van der Waals surface area contributed by atoms with Crippen molar-refractivity contribution in [3.05, 3.63) is 0 Å². The van der Waals surface area contributed by atoms with Crippen LogP contribution >= 0.6 is 12.4 Å². The van der Waals surface area contributed by atoms with Gasteiger partial charge in [-0.3, -0.25) is 9.59 Å². The predicted octanol–water partition coefficient (Wildman–Crippen LogP) is -0.334. The third-order valence-electron chi connectivity index (χ3n) is 5.80. The maximum atomic E-state index is 13.1. The van der Waals surface area contributed by atoms with Crippen LogP contribution in [0.2, 0.25) is 0 Å².